The van der Waals surface area contributed by atoms with Gasteiger partial charge in [0, 0.05) is 11.2 Å². The van der Waals surface area contributed by atoms with Crippen LogP contribution in [0.3, 0.4) is 0 Å². The molecule has 110 valence electrons. The van der Waals surface area contributed by atoms with Crippen LogP contribution in [0.5, 0.6) is 0 Å². The number of hydrogen-bond donors (Lipinski definition) is 1. The molecule has 0 radical (unpaired) electrons. The lowest BCUT2D eigenvalue weighted by molar-refractivity contribution is -0.116. The first-order valence-electron chi connectivity index (χ1n) is 7.36. The molecule has 0 fully saturated rings. The molecule has 0 aliphatic rings. The summed E-state index contributed by atoms with van der Waals surface area (Å²) >= 11 is 0. The lowest BCUT2D eigenvalue weighted by Crippen LogP contribution is -2.38. The first-order chi connectivity index (χ1) is 9.97. The number of hydrogen-bond acceptors (Lipinski definition) is 1. The zero-order chi connectivity index (χ0) is 15.3. The Morgan fingerprint density at radius 2 is 1.48 bits per heavy atom. The summed E-state index contributed by atoms with van der Waals surface area (Å²) in [6.45, 7) is 6.77. The third kappa shape index (κ3) is 4.57. The minimum absolute atomic E-state index is 0.0695. The zero-order valence-electron chi connectivity index (χ0n) is 13.0. The summed E-state index contributed by atoms with van der Waals surface area (Å²) in [5.74, 6) is 0.143. The zero-order valence-corrected chi connectivity index (χ0v) is 14.0. The Labute approximate surface area is 128 Å². The first-order valence-corrected chi connectivity index (χ1v) is 10.9. The van der Waals surface area contributed by atoms with E-state index in [4.69, 9.17) is 0 Å². The predicted molar refractivity (Wildman–Crippen MR) is 92.3 cm³/mol. The number of amides is 1. The summed E-state index contributed by atoms with van der Waals surface area (Å²) in [7, 11) is -1.60. The van der Waals surface area contributed by atoms with Crippen LogP contribution in [0.4, 0.5) is 5.69 Å². The molecule has 0 bridgehead atoms. The van der Waals surface area contributed by atoms with Crippen molar-refractivity contribution in [3.8, 4) is 0 Å². The second kappa shape index (κ2) is 6.72. The average Bonchev–Trinajstić information content (AvgIpc) is 2.45. The molecule has 3 heteroatoms. The van der Waals surface area contributed by atoms with E-state index < -0.39 is 8.07 Å². The van der Waals surface area contributed by atoms with E-state index in [-0.39, 0.29) is 11.4 Å². The summed E-state index contributed by atoms with van der Waals surface area (Å²) < 4.78 is 0. The van der Waals surface area contributed by atoms with Gasteiger partial charge in [-0.1, -0.05) is 68.2 Å². The van der Waals surface area contributed by atoms with E-state index in [1.807, 2.05) is 48.5 Å². The van der Waals surface area contributed by atoms with Crippen molar-refractivity contribution in [1.82, 2.24) is 0 Å². The van der Waals surface area contributed by atoms with Gasteiger partial charge >= 0.3 is 0 Å². The van der Waals surface area contributed by atoms with Gasteiger partial charge in [-0.25, -0.2) is 0 Å². The molecule has 2 aromatic carbocycles. The largest absolute Gasteiger partial charge is 0.326 e. The van der Waals surface area contributed by atoms with Gasteiger partial charge < -0.3 is 5.32 Å². The Morgan fingerprint density at radius 3 is 2.00 bits per heavy atom. The van der Waals surface area contributed by atoms with Crippen molar-refractivity contribution in [2.75, 3.05) is 5.32 Å². The number of para-hydroxylation sites is 1. The van der Waals surface area contributed by atoms with Gasteiger partial charge in [0.05, 0.1) is 8.07 Å². The Balaban J connectivity index is 2.15. The molecule has 2 nitrogen and oxygen atoms in total. The van der Waals surface area contributed by atoms with Crippen LogP contribution < -0.4 is 5.32 Å². The van der Waals surface area contributed by atoms with Crippen molar-refractivity contribution in [2.24, 2.45) is 0 Å². The SMILES string of the molecule is C[Si](C)(C)C(Cc1ccccc1)C(=O)Nc1ccccc1. The van der Waals surface area contributed by atoms with Crippen molar-refractivity contribution in [3.05, 3.63) is 66.2 Å². The van der Waals surface area contributed by atoms with Gasteiger partial charge in [-0.2, -0.15) is 0 Å². The van der Waals surface area contributed by atoms with Crippen LogP contribution in [0, 0.1) is 0 Å². The van der Waals surface area contributed by atoms with Gasteiger partial charge in [0.2, 0.25) is 5.91 Å². The maximum absolute atomic E-state index is 12.7. The highest BCUT2D eigenvalue weighted by molar-refractivity contribution is 6.80. The van der Waals surface area contributed by atoms with Crippen molar-refractivity contribution < 1.29 is 4.79 Å². The fraction of sp³-hybridized carbons (Fsp3) is 0.278. The van der Waals surface area contributed by atoms with Crippen LogP contribution in [0.15, 0.2) is 60.7 Å². The summed E-state index contributed by atoms with van der Waals surface area (Å²) in [5.41, 5.74) is 2.17. The average molecular weight is 297 g/mol. The maximum Gasteiger partial charge on any atom is 0.225 e. The summed E-state index contributed by atoms with van der Waals surface area (Å²) in [6, 6.07) is 20.0. The minimum atomic E-state index is -1.60. The number of anilines is 1. The van der Waals surface area contributed by atoms with Gasteiger partial charge in [-0.15, -0.1) is 0 Å². The molecule has 2 rings (SSSR count). The molecule has 0 spiro atoms. The van der Waals surface area contributed by atoms with Crippen molar-refractivity contribution in [3.63, 3.8) is 0 Å². The van der Waals surface area contributed by atoms with E-state index in [0.29, 0.717) is 0 Å². The highest BCUT2D eigenvalue weighted by Gasteiger charge is 2.33. The Kier molecular flexibility index (Phi) is 4.97. The van der Waals surface area contributed by atoms with E-state index >= 15 is 0 Å². The number of benzene rings is 2. The van der Waals surface area contributed by atoms with Crippen LogP contribution in [0.2, 0.25) is 25.2 Å². The van der Waals surface area contributed by atoms with Crippen LogP contribution >= 0.6 is 0 Å². The van der Waals surface area contributed by atoms with Crippen molar-refractivity contribution in [1.29, 1.82) is 0 Å². The Bertz CT molecular complexity index is 575. The second-order valence-corrected chi connectivity index (χ2v) is 11.9. The predicted octanol–water partition coefficient (Wildman–Crippen LogP) is 4.58. The molecule has 1 amide bonds. The molecular weight excluding hydrogens is 274 g/mol. The van der Waals surface area contributed by atoms with Crippen LogP contribution in [-0.4, -0.2) is 14.0 Å². The van der Waals surface area contributed by atoms with Gasteiger partial charge in [0.1, 0.15) is 0 Å². The van der Waals surface area contributed by atoms with E-state index in [9.17, 15) is 4.79 Å². The molecule has 0 saturated carbocycles. The molecule has 0 saturated heterocycles. The minimum Gasteiger partial charge on any atom is -0.326 e. The topological polar surface area (TPSA) is 29.1 Å². The van der Waals surface area contributed by atoms with E-state index in [2.05, 4.69) is 37.1 Å². The summed E-state index contributed by atoms with van der Waals surface area (Å²) in [4.78, 5) is 12.7. The molecule has 0 aromatic heterocycles. The summed E-state index contributed by atoms with van der Waals surface area (Å²) in [6.07, 6.45) is 0.815. The van der Waals surface area contributed by atoms with Crippen LogP contribution in [-0.2, 0) is 11.2 Å². The van der Waals surface area contributed by atoms with Crippen LogP contribution in [0.1, 0.15) is 5.56 Å². The molecule has 0 aliphatic heterocycles. The smallest absolute Gasteiger partial charge is 0.225 e. The number of rotatable bonds is 5. The highest BCUT2D eigenvalue weighted by Crippen LogP contribution is 2.28. The fourth-order valence-electron chi connectivity index (χ4n) is 2.39. The van der Waals surface area contributed by atoms with E-state index in [0.717, 1.165) is 12.1 Å². The van der Waals surface area contributed by atoms with Gasteiger partial charge in [-0.05, 0) is 24.1 Å². The molecule has 1 unspecified atom stereocenters. The van der Waals surface area contributed by atoms with Crippen molar-refractivity contribution >= 4 is 19.7 Å². The Hall–Kier alpha value is -1.87. The molecular formula is C18H23NOSi. The monoisotopic (exact) mass is 297 g/mol. The van der Waals surface area contributed by atoms with Gasteiger partial charge in [0.15, 0.2) is 0 Å². The lowest BCUT2D eigenvalue weighted by Gasteiger charge is -2.28. The second-order valence-electron chi connectivity index (χ2n) is 6.46. The highest BCUT2D eigenvalue weighted by atomic mass is 28.3. The standard InChI is InChI=1S/C18H23NOSi/c1-21(2,3)17(14-15-10-6-4-7-11-15)18(20)19-16-12-8-5-9-13-16/h4-13,17H,14H2,1-3H3,(H,19,20). The molecule has 0 heterocycles. The third-order valence-electron chi connectivity index (χ3n) is 3.69. The lowest BCUT2D eigenvalue weighted by atomic mass is 10.1. The number of carbonyl (C=O) groups is 1. The fourth-order valence-corrected chi connectivity index (χ4v) is 4.10. The van der Waals surface area contributed by atoms with E-state index in [1.165, 1.54) is 5.56 Å². The molecule has 2 aromatic rings. The molecule has 1 N–H and O–H groups in total. The third-order valence-corrected chi connectivity index (χ3v) is 6.24. The molecule has 1 atom stereocenters. The van der Waals surface area contributed by atoms with Crippen molar-refractivity contribution in [2.45, 2.75) is 31.6 Å². The number of carbonyl (C=O) groups excluding carboxylic acids is 1. The van der Waals surface area contributed by atoms with E-state index in [1.54, 1.807) is 0 Å². The quantitative estimate of drug-likeness (QED) is 0.804. The first kappa shape index (κ1) is 15.5. The van der Waals surface area contributed by atoms with Gasteiger partial charge in [-0.3, -0.25) is 4.79 Å². The maximum atomic E-state index is 12.7. The van der Waals surface area contributed by atoms with Gasteiger partial charge in [0.25, 0.3) is 0 Å². The Morgan fingerprint density at radius 1 is 0.952 bits per heavy atom. The number of nitrogens with one attached hydrogen (secondary N) is 1. The molecule has 21 heavy (non-hydrogen) atoms. The normalized spacial score (nSPS) is 12.7. The summed E-state index contributed by atoms with van der Waals surface area (Å²) in [5, 5.41) is 3.06. The molecule has 0 aliphatic carbocycles. The van der Waals surface area contributed by atoms with Crippen LogP contribution in [0.25, 0.3) is 0 Å².